The number of halogens is 4. The molecule has 0 atom stereocenters. The van der Waals surface area contributed by atoms with Crippen LogP contribution in [-0.4, -0.2) is 15.7 Å². The van der Waals surface area contributed by atoms with E-state index in [-0.39, 0.29) is 5.82 Å². The van der Waals surface area contributed by atoms with Gasteiger partial charge in [0, 0.05) is 6.07 Å². The predicted molar refractivity (Wildman–Crippen MR) is 92.0 cm³/mol. The van der Waals surface area contributed by atoms with E-state index >= 15 is 0 Å². The monoisotopic (exact) mass is 377 g/mol. The van der Waals surface area contributed by atoms with Gasteiger partial charge in [0.05, 0.1) is 16.9 Å². The average Bonchev–Trinajstić information content (AvgIpc) is 2.95. The number of aryl methyl sites for hydroxylation is 3. The number of rotatable bonds is 3. The minimum Gasteiger partial charge on any atom is -0.306 e. The van der Waals surface area contributed by atoms with Crippen molar-refractivity contribution >= 4 is 11.7 Å². The molecule has 1 heterocycles. The molecule has 0 aliphatic rings. The Morgan fingerprint density at radius 2 is 1.52 bits per heavy atom. The summed E-state index contributed by atoms with van der Waals surface area (Å²) in [6.45, 7) is 5.47. The van der Waals surface area contributed by atoms with Gasteiger partial charge in [0.25, 0.3) is 5.91 Å². The summed E-state index contributed by atoms with van der Waals surface area (Å²) in [5, 5.41) is 6.65. The molecular weight excluding hydrogens is 362 g/mol. The molecule has 140 valence electrons. The first-order chi connectivity index (χ1) is 12.7. The summed E-state index contributed by atoms with van der Waals surface area (Å²) in [5.74, 6) is -8.39. The van der Waals surface area contributed by atoms with Gasteiger partial charge in [-0.25, -0.2) is 22.2 Å². The van der Waals surface area contributed by atoms with E-state index in [1.165, 1.54) is 10.7 Å². The molecule has 0 aliphatic carbocycles. The Kier molecular flexibility index (Phi) is 4.73. The van der Waals surface area contributed by atoms with Crippen LogP contribution in [0.25, 0.3) is 5.69 Å². The van der Waals surface area contributed by atoms with E-state index in [2.05, 4.69) is 10.4 Å². The minimum absolute atomic E-state index is 0.173. The zero-order valence-corrected chi connectivity index (χ0v) is 14.7. The second kappa shape index (κ2) is 6.86. The maximum Gasteiger partial charge on any atom is 0.260 e. The van der Waals surface area contributed by atoms with Gasteiger partial charge in [0.15, 0.2) is 23.3 Å². The van der Waals surface area contributed by atoms with E-state index in [1.54, 1.807) is 6.92 Å². The zero-order valence-electron chi connectivity index (χ0n) is 14.7. The molecule has 0 bridgehead atoms. The highest BCUT2D eigenvalue weighted by Gasteiger charge is 2.24. The first-order valence-corrected chi connectivity index (χ1v) is 7.97. The van der Waals surface area contributed by atoms with Gasteiger partial charge in [-0.15, -0.1) is 0 Å². The fraction of sp³-hybridized carbons (Fsp3) is 0.158. The van der Waals surface area contributed by atoms with Gasteiger partial charge < -0.3 is 5.32 Å². The maximum absolute atomic E-state index is 13.9. The Bertz CT molecular complexity index is 1040. The summed E-state index contributed by atoms with van der Waals surface area (Å²) in [6, 6.07) is 7.44. The minimum atomic E-state index is -2.04. The number of carbonyl (C=O) groups is 1. The molecule has 0 aliphatic heterocycles. The average molecular weight is 377 g/mol. The van der Waals surface area contributed by atoms with Crippen molar-refractivity contribution in [2.75, 3.05) is 5.32 Å². The van der Waals surface area contributed by atoms with Crippen molar-refractivity contribution in [1.82, 2.24) is 9.78 Å². The molecule has 1 aromatic heterocycles. The van der Waals surface area contributed by atoms with Gasteiger partial charge in [-0.2, -0.15) is 5.10 Å². The number of amides is 1. The number of hydrogen-bond donors (Lipinski definition) is 1. The fourth-order valence-corrected chi connectivity index (χ4v) is 2.78. The van der Waals surface area contributed by atoms with Gasteiger partial charge in [-0.3, -0.25) is 4.79 Å². The summed E-state index contributed by atoms with van der Waals surface area (Å²) in [6.07, 6.45) is 0. The number of nitrogens with zero attached hydrogens (tertiary/aromatic N) is 2. The summed E-state index contributed by atoms with van der Waals surface area (Å²) < 4.78 is 55.2. The van der Waals surface area contributed by atoms with E-state index in [4.69, 9.17) is 0 Å². The third-order valence-corrected chi connectivity index (χ3v) is 3.87. The Hall–Kier alpha value is -3.16. The molecule has 1 amide bonds. The molecule has 0 saturated heterocycles. The molecule has 1 N–H and O–H groups in total. The van der Waals surface area contributed by atoms with Crippen molar-refractivity contribution in [1.29, 1.82) is 0 Å². The molecule has 4 nitrogen and oxygen atoms in total. The first kappa shape index (κ1) is 18.6. The fourth-order valence-electron chi connectivity index (χ4n) is 2.78. The van der Waals surface area contributed by atoms with Crippen LogP contribution in [0.5, 0.6) is 0 Å². The van der Waals surface area contributed by atoms with Crippen molar-refractivity contribution in [2.45, 2.75) is 20.8 Å². The molecule has 27 heavy (non-hydrogen) atoms. The van der Waals surface area contributed by atoms with Crippen LogP contribution in [0, 0.1) is 44.0 Å². The van der Waals surface area contributed by atoms with Crippen LogP contribution in [0.3, 0.4) is 0 Å². The van der Waals surface area contributed by atoms with Gasteiger partial charge in [0.1, 0.15) is 5.82 Å². The van der Waals surface area contributed by atoms with E-state index < -0.39 is 34.7 Å². The Labute approximate surface area is 152 Å². The smallest absolute Gasteiger partial charge is 0.260 e. The SMILES string of the molecule is Cc1cc(C)cc(-n2nc(C)cc2NC(=O)c2cc(F)c(F)c(F)c2F)c1. The third-order valence-electron chi connectivity index (χ3n) is 3.87. The van der Waals surface area contributed by atoms with E-state index in [0.29, 0.717) is 17.4 Å². The van der Waals surface area contributed by atoms with Crippen molar-refractivity contribution < 1.29 is 22.4 Å². The molecule has 0 unspecified atom stereocenters. The van der Waals surface area contributed by atoms with Crippen molar-refractivity contribution in [3.8, 4) is 5.69 Å². The summed E-state index contributed by atoms with van der Waals surface area (Å²) in [4.78, 5) is 12.3. The highest BCUT2D eigenvalue weighted by atomic mass is 19.2. The maximum atomic E-state index is 13.9. The number of nitrogens with one attached hydrogen (secondary N) is 1. The van der Waals surface area contributed by atoms with Crippen molar-refractivity contribution in [3.05, 3.63) is 76.0 Å². The van der Waals surface area contributed by atoms with Crippen LogP contribution in [0.2, 0.25) is 0 Å². The lowest BCUT2D eigenvalue weighted by atomic mass is 10.1. The molecule has 3 aromatic rings. The Morgan fingerprint density at radius 1 is 0.889 bits per heavy atom. The lowest BCUT2D eigenvalue weighted by Gasteiger charge is -2.11. The standard InChI is InChI=1S/C19H15F4N3O/c1-9-4-10(2)6-12(5-9)26-15(7-11(3)25-26)24-19(27)13-8-14(20)17(22)18(23)16(13)21/h4-8H,1-3H3,(H,24,27). The molecule has 0 fully saturated rings. The highest BCUT2D eigenvalue weighted by molar-refractivity contribution is 6.04. The van der Waals surface area contributed by atoms with Gasteiger partial charge in [-0.05, 0) is 50.1 Å². The van der Waals surface area contributed by atoms with Gasteiger partial charge in [-0.1, -0.05) is 6.07 Å². The van der Waals surface area contributed by atoms with Crippen molar-refractivity contribution in [3.63, 3.8) is 0 Å². The molecule has 2 aromatic carbocycles. The molecular formula is C19H15F4N3O. The summed E-state index contributed by atoms with van der Waals surface area (Å²) in [5.41, 5.74) is 2.18. The quantitative estimate of drug-likeness (QED) is 0.412. The molecule has 0 saturated carbocycles. The zero-order chi connectivity index (χ0) is 19.9. The second-order valence-electron chi connectivity index (χ2n) is 6.23. The van der Waals surface area contributed by atoms with Crippen molar-refractivity contribution in [2.24, 2.45) is 0 Å². The van der Waals surface area contributed by atoms with Gasteiger partial charge in [0.2, 0.25) is 0 Å². The molecule has 3 rings (SSSR count). The number of hydrogen-bond acceptors (Lipinski definition) is 2. The van der Waals surface area contributed by atoms with Crippen LogP contribution in [0.4, 0.5) is 23.4 Å². The summed E-state index contributed by atoms with van der Waals surface area (Å²) >= 11 is 0. The first-order valence-electron chi connectivity index (χ1n) is 7.97. The highest BCUT2D eigenvalue weighted by Crippen LogP contribution is 2.23. The third kappa shape index (κ3) is 3.55. The molecule has 0 spiro atoms. The van der Waals surface area contributed by atoms with Crippen LogP contribution in [-0.2, 0) is 0 Å². The van der Waals surface area contributed by atoms with Crippen LogP contribution in [0.15, 0.2) is 30.3 Å². The lowest BCUT2D eigenvalue weighted by Crippen LogP contribution is -2.18. The van der Waals surface area contributed by atoms with Crippen LogP contribution >= 0.6 is 0 Å². The molecule has 0 radical (unpaired) electrons. The van der Waals surface area contributed by atoms with Crippen LogP contribution < -0.4 is 5.32 Å². The number of carbonyl (C=O) groups excluding carboxylic acids is 1. The number of benzene rings is 2. The van der Waals surface area contributed by atoms with E-state index in [1.807, 2.05) is 32.0 Å². The van der Waals surface area contributed by atoms with E-state index in [0.717, 1.165) is 11.1 Å². The Morgan fingerprint density at radius 3 is 2.15 bits per heavy atom. The summed E-state index contributed by atoms with van der Waals surface area (Å²) in [7, 11) is 0. The van der Waals surface area contributed by atoms with Gasteiger partial charge >= 0.3 is 0 Å². The predicted octanol–water partition coefficient (Wildman–Crippen LogP) is 4.61. The number of aromatic nitrogens is 2. The Balaban J connectivity index is 2.01. The van der Waals surface area contributed by atoms with E-state index in [9.17, 15) is 22.4 Å². The van der Waals surface area contributed by atoms with Crippen LogP contribution in [0.1, 0.15) is 27.2 Å². The largest absolute Gasteiger partial charge is 0.306 e. The number of anilines is 1. The second-order valence-corrected chi connectivity index (χ2v) is 6.23. The lowest BCUT2D eigenvalue weighted by molar-refractivity contribution is 0.102. The topological polar surface area (TPSA) is 46.9 Å². The normalized spacial score (nSPS) is 10.9. The molecule has 8 heteroatoms.